The van der Waals surface area contributed by atoms with Crippen LogP contribution >= 0.6 is 0 Å². The van der Waals surface area contributed by atoms with Gasteiger partial charge in [0.2, 0.25) is 0 Å². The predicted molar refractivity (Wildman–Crippen MR) is 106 cm³/mol. The molecule has 1 N–H and O–H groups in total. The number of aromatic nitrogens is 1. The molecular weight excluding hydrogens is 388 g/mol. The van der Waals surface area contributed by atoms with Gasteiger partial charge < -0.3 is 22.2 Å². The minimum absolute atomic E-state index is 0. The molecule has 0 radical (unpaired) electrons. The summed E-state index contributed by atoms with van der Waals surface area (Å²) in [5.41, 5.74) is 0.940. The van der Waals surface area contributed by atoms with E-state index in [0.717, 1.165) is 12.1 Å². The molecule has 1 aromatic heterocycles. The number of nitrogens with zero attached hydrogens (tertiary/aromatic N) is 2. The van der Waals surface area contributed by atoms with Gasteiger partial charge in [-0.3, -0.25) is 0 Å². The van der Waals surface area contributed by atoms with Crippen molar-refractivity contribution in [2.75, 3.05) is 0 Å². The second-order valence-corrected chi connectivity index (χ2v) is 7.22. The molecule has 0 amide bonds. The normalized spacial score (nSPS) is 11.0. The first-order chi connectivity index (χ1) is 12.4. The van der Waals surface area contributed by atoms with Crippen LogP contribution in [0.15, 0.2) is 29.7 Å². The molecular formula is C22H39BrN2O. The van der Waals surface area contributed by atoms with Crippen LogP contribution < -0.4 is 21.5 Å². The van der Waals surface area contributed by atoms with Crippen molar-refractivity contribution in [1.82, 2.24) is 0 Å². The lowest BCUT2D eigenvalue weighted by Gasteiger charge is -2.03. The molecule has 3 nitrogen and oxygen atoms in total. The Kier molecular flexibility index (Phi) is 18.2. The van der Waals surface area contributed by atoms with E-state index in [9.17, 15) is 0 Å². The first-order valence-electron chi connectivity index (χ1n) is 10.5. The van der Waals surface area contributed by atoms with Crippen molar-refractivity contribution in [2.24, 2.45) is 5.16 Å². The fraction of sp³-hybridized carbons (Fsp3) is 0.727. The monoisotopic (exact) mass is 426 g/mol. The Bertz CT molecular complexity index is 452. The minimum Gasteiger partial charge on any atom is -1.00 e. The van der Waals surface area contributed by atoms with E-state index in [-0.39, 0.29) is 17.0 Å². The molecule has 0 saturated carbocycles. The second-order valence-electron chi connectivity index (χ2n) is 7.22. The van der Waals surface area contributed by atoms with Crippen molar-refractivity contribution in [1.29, 1.82) is 0 Å². The second kappa shape index (κ2) is 18.9. The topological polar surface area (TPSA) is 36.5 Å². The van der Waals surface area contributed by atoms with Crippen molar-refractivity contribution in [3.8, 4) is 0 Å². The molecule has 1 rings (SSSR count). The highest BCUT2D eigenvalue weighted by molar-refractivity contribution is 5.77. The van der Waals surface area contributed by atoms with E-state index in [1.807, 2.05) is 18.3 Å². The Morgan fingerprint density at radius 3 is 1.85 bits per heavy atom. The molecule has 0 unspecified atom stereocenters. The van der Waals surface area contributed by atoms with Gasteiger partial charge in [-0.25, -0.2) is 4.57 Å². The summed E-state index contributed by atoms with van der Waals surface area (Å²) in [6, 6.07) is 3.95. The van der Waals surface area contributed by atoms with Gasteiger partial charge in [-0.15, -0.1) is 0 Å². The first kappa shape index (κ1) is 25.1. The molecule has 1 aromatic rings. The summed E-state index contributed by atoms with van der Waals surface area (Å²) < 4.78 is 2.18. The molecule has 0 saturated heterocycles. The lowest BCUT2D eigenvalue weighted by molar-refractivity contribution is -0.697. The number of aryl methyl sites for hydroxylation is 1. The van der Waals surface area contributed by atoms with Crippen LogP contribution in [0.3, 0.4) is 0 Å². The Hall–Kier alpha value is -0.900. The van der Waals surface area contributed by atoms with Crippen molar-refractivity contribution in [2.45, 2.75) is 103 Å². The lowest BCUT2D eigenvalue weighted by atomic mass is 10.0. The lowest BCUT2D eigenvalue weighted by Crippen LogP contribution is -3.00. The Morgan fingerprint density at radius 1 is 0.846 bits per heavy atom. The fourth-order valence-electron chi connectivity index (χ4n) is 3.31. The molecule has 0 aliphatic heterocycles. The smallest absolute Gasteiger partial charge is 0.177 e. The largest absolute Gasteiger partial charge is 1.00 e. The number of halogens is 1. The van der Waals surface area contributed by atoms with Gasteiger partial charge in [-0.2, -0.15) is 0 Å². The molecule has 0 spiro atoms. The van der Waals surface area contributed by atoms with Gasteiger partial charge >= 0.3 is 0 Å². The van der Waals surface area contributed by atoms with Crippen LogP contribution in [0, 0.1) is 0 Å². The van der Waals surface area contributed by atoms with E-state index < -0.39 is 0 Å². The number of unbranched alkanes of at least 4 members (excludes halogenated alkanes) is 13. The van der Waals surface area contributed by atoms with Crippen LogP contribution in [0.1, 0.15) is 102 Å². The Balaban J connectivity index is 0.00000625. The van der Waals surface area contributed by atoms with Crippen LogP contribution in [0.25, 0.3) is 0 Å². The molecule has 26 heavy (non-hydrogen) atoms. The van der Waals surface area contributed by atoms with Crippen molar-refractivity contribution < 1.29 is 26.8 Å². The number of oxime groups is 1. The molecule has 150 valence electrons. The van der Waals surface area contributed by atoms with Gasteiger partial charge in [0.1, 0.15) is 6.54 Å². The maximum Gasteiger partial charge on any atom is 0.177 e. The molecule has 0 aromatic carbocycles. The van der Waals surface area contributed by atoms with Gasteiger partial charge in [0, 0.05) is 12.5 Å². The Labute approximate surface area is 171 Å². The van der Waals surface area contributed by atoms with Gasteiger partial charge in [-0.1, -0.05) is 89.1 Å². The third kappa shape index (κ3) is 14.3. The zero-order valence-electron chi connectivity index (χ0n) is 16.7. The standard InChI is InChI=1S/C22H38N2O.BrH/c1-2-3-4-5-6-7-8-9-10-11-12-13-14-15-18-24-19-16-17-22(21-24)20-23-25;/h16-17,19-21H,2-15,18H2,1H3;1H/b23-20-;. The summed E-state index contributed by atoms with van der Waals surface area (Å²) >= 11 is 0. The van der Waals surface area contributed by atoms with Gasteiger partial charge in [-0.05, 0) is 12.5 Å². The van der Waals surface area contributed by atoms with E-state index >= 15 is 0 Å². The highest BCUT2D eigenvalue weighted by Crippen LogP contribution is 2.12. The SMILES string of the molecule is CCCCCCCCCCCCCCCC[n+]1cccc(/C=N\O)c1.[Br-]. The van der Waals surface area contributed by atoms with Crippen molar-refractivity contribution in [3.05, 3.63) is 30.1 Å². The van der Waals surface area contributed by atoms with Gasteiger partial charge in [0.15, 0.2) is 12.4 Å². The third-order valence-corrected chi connectivity index (χ3v) is 4.86. The molecule has 4 heteroatoms. The highest BCUT2D eigenvalue weighted by atomic mass is 79.9. The average Bonchev–Trinajstić information content (AvgIpc) is 2.63. The number of rotatable bonds is 16. The number of hydrogen-bond donors (Lipinski definition) is 1. The molecule has 0 bridgehead atoms. The van der Waals surface area contributed by atoms with Crippen LogP contribution in [0.5, 0.6) is 0 Å². The van der Waals surface area contributed by atoms with E-state index in [1.165, 1.54) is 96.1 Å². The summed E-state index contributed by atoms with van der Waals surface area (Å²) in [5.74, 6) is 0. The van der Waals surface area contributed by atoms with Crippen molar-refractivity contribution in [3.63, 3.8) is 0 Å². The van der Waals surface area contributed by atoms with Crippen LogP contribution in [0.4, 0.5) is 0 Å². The van der Waals surface area contributed by atoms with Crippen LogP contribution in [-0.4, -0.2) is 11.4 Å². The van der Waals surface area contributed by atoms with E-state index in [2.05, 4.69) is 22.8 Å². The number of pyridine rings is 1. The number of hydrogen-bond acceptors (Lipinski definition) is 2. The maximum atomic E-state index is 8.58. The van der Waals surface area contributed by atoms with Gasteiger partial charge in [0.25, 0.3) is 0 Å². The fourth-order valence-corrected chi connectivity index (χ4v) is 3.31. The maximum absolute atomic E-state index is 8.58. The summed E-state index contributed by atoms with van der Waals surface area (Å²) in [4.78, 5) is 0. The van der Waals surface area contributed by atoms with E-state index in [0.29, 0.717) is 0 Å². The Morgan fingerprint density at radius 2 is 1.35 bits per heavy atom. The molecule has 1 heterocycles. The van der Waals surface area contributed by atoms with Crippen LogP contribution in [0.2, 0.25) is 0 Å². The zero-order chi connectivity index (χ0) is 18.0. The minimum atomic E-state index is 0. The summed E-state index contributed by atoms with van der Waals surface area (Å²) in [6.45, 7) is 3.33. The zero-order valence-corrected chi connectivity index (χ0v) is 18.3. The third-order valence-electron chi connectivity index (χ3n) is 4.86. The highest BCUT2D eigenvalue weighted by Gasteiger charge is 2.01. The summed E-state index contributed by atoms with van der Waals surface area (Å²) in [7, 11) is 0. The van der Waals surface area contributed by atoms with E-state index in [4.69, 9.17) is 5.21 Å². The molecule has 0 fully saturated rings. The summed E-state index contributed by atoms with van der Waals surface area (Å²) in [6.07, 6.45) is 25.1. The molecule has 0 atom stereocenters. The summed E-state index contributed by atoms with van der Waals surface area (Å²) in [5, 5.41) is 11.7. The predicted octanol–water partition coefficient (Wildman–Crippen LogP) is 3.27. The van der Waals surface area contributed by atoms with Gasteiger partial charge in [0.05, 0.1) is 11.8 Å². The van der Waals surface area contributed by atoms with E-state index in [1.54, 1.807) is 0 Å². The quantitative estimate of drug-likeness (QED) is 0.142. The molecule has 0 aliphatic carbocycles. The molecule has 0 aliphatic rings. The average molecular weight is 427 g/mol. The van der Waals surface area contributed by atoms with Crippen LogP contribution in [-0.2, 0) is 6.54 Å². The van der Waals surface area contributed by atoms with Crippen molar-refractivity contribution >= 4 is 6.21 Å². The first-order valence-corrected chi connectivity index (χ1v) is 10.5.